The third kappa shape index (κ3) is 3.26. The van der Waals surface area contributed by atoms with Gasteiger partial charge in [0.1, 0.15) is 16.5 Å². The van der Waals surface area contributed by atoms with Crippen LogP contribution in [0.2, 0.25) is 0 Å². The minimum Gasteiger partial charge on any atom is -0.496 e. The summed E-state index contributed by atoms with van der Waals surface area (Å²) in [6.45, 7) is 1.97. The maximum Gasteiger partial charge on any atom is 0.425 e. The number of fused-ring (bicyclic) bond motifs is 1. The van der Waals surface area contributed by atoms with Crippen LogP contribution in [-0.4, -0.2) is 22.6 Å². The summed E-state index contributed by atoms with van der Waals surface area (Å²) in [4.78, 5) is 15.9. The number of hydrogen-bond donors (Lipinski definition) is 1. The normalized spacial score (nSPS) is 11.8. The van der Waals surface area contributed by atoms with Gasteiger partial charge in [-0.05, 0) is 31.2 Å². The fraction of sp³-hybridized carbons (Fsp3) is 0.294. The topological polar surface area (TPSA) is 56.1 Å². The Hall–Kier alpha value is -2.55. The number of nitrogens with zero attached hydrogens (tertiary/aromatic N) is 2. The summed E-state index contributed by atoms with van der Waals surface area (Å²) >= 11 is 0.418. The zero-order chi connectivity index (χ0) is 19.1. The molecule has 2 aromatic heterocycles. The van der Waals surface area contributed by atoms with E-state index in [4.69, 9.17) is 4.74 Å². The molecular weight excluding hydrogens is 367 g/mol. The average Bonchev–Trinajstić information content (AvgIpc) is 3.18. The first-order chi connectivity index (χ1) is 12.2. The first-order valence-corrected chi connectivity index (χ1v) is 8.48. The molecule has 0 fully saturated rings. The molecule has 138 valence electrons. The molecular formula is C17H16F3N3O2S. The number of alkyl halides is 3. The van der Waals surface area contributed by atoms with Gasteiger partial charge in [0.15, 0.2) is 0 Å². The monoisotopic (exact) mass is 383 g/mol. The smallest absolute Gasteiger partial charge is 0.425 e. The van der Waals surface area contributed by atoms with Crippen LogP contribution in [0.25, 0.3) is 11.0 Å². The molecule has 9 heteroatoms. The van der Waals surface area contributed by atoms with E-state index in [0.717, 1.165) is 22.9 Å². The minimum absolute atomic E-state index is 0.00431. The molecule has 3 rings (SSSR count). The molecule has 0 saturated heterocycles. The van der Waals surface area contributed by atoms with Crippen LogP contribution in [0.15, 0.2) is 24.3 Å². The summed E-state index contributed by atoms with van der Waals surface area (Å²) in [5, 5.41) is 2.67. The number of nitrogens with one attached hydrogen (secondary N) is 1. The first kappa shape index (κ1) is 18.2. The predicted molar refractivity (Wildman–Crippen MR) is 92.5 cm³/mol. The highest BCUT2D eigenvalue weighted by Crippen LogP contribution is 2.34. The molecule has 0 atom stereocenters. The minimum atomic E-state index is -4.45. The van der Waals surface area contributed by atoms with Gasteiger partial charge in [0.05, 0.1) is 23.0 Å². The van der Waals surface area contributed by atoms with Crippen LogP contribution in [0.5, 0.6) is 5.75 Å². The van der Waals surface area contributed by atoms with Gasteiger partial charge in [-0.15, -0.1) is 11.3 Å². The van der Waals surface area contributed by atoms with Crippen molar-refractivity contribution >= 4 is 28.3 Å². The Bertz CT molecular complexity index is 976. The molecule has 0 aliphatic heterocycles. The van der Waals surface area contributed by atoms with Crippen molar-refractivity contribution in [1.29, 1.82) is 0 Å². The van der Waals surface area contributed by atoms with Crippen LogP contribution >= 0.6 is 11.3 Å². The van der Waals surface area contributed by atoms with Gasteiger partial charge < -0.3 is 14.6 Å². The van der Waals surface area contributed by atoms with E-state index in [1.807, 2.05) is 24.6 Å². The number of imidazole rings is 1. The summed E-state index contributed by atoms with van der Waals surface area (Å²) in [5.74, 6) is 0.806. The highest BCUT2D eigenvalue weighted by Gasteiger charge is 2.33. The number of ether oxygens (including phenoxy) is 1. The summed E-state index contributed by atoms with van der Waals surface area (Å²) < 4.78 is 45.3. The lowest BCUT2D eigenvalue weighted by atomic mass is 10.1. The van der Waals surface area contributed by atoms with Crippen LogP contribution in [0.3, 0.4) is 0 Å². The van der Waals surface area contributed by atoms with Gasteiger partial charge in [-0.1, -0.05) is 0 Å². The van der Waals surface area contributed by atoms with Gasteiger partial charge in [0.2, 0.25) is 0 Å². The van der Waals surface area contributed by atoms with Crippen molar-refractivity contribution in [2.45, 2.75) is 19.6 Å². The van der Waals surface area contributed by atoms with Crippen LogP contribution in [0.4, 0.5) is 13.2 Å². The number of hydrogen-bond acceptors (Lipinski definition) is 4. The molecule has 1 N–H and O–H groups in total. The van der Waals surface area contributed by atoms with E-state index in [0.29, 0.717) is 22.6 Å². The average molecular weight is 383 g/mol. The summed E-state index contributed by atoms with van der Waals surface area (Å²) in [6, 6.07) is 5.66. The zero-order valence-corrected chi connectivity index (χ0v) is 15.1. The number of benzene rings is 1. The number of halogens is 3. The lowest BCUT2D eigenvalue weighted by Gasteiger charge is -2.12. The maximum atomic E-state index is 12.7. The fourth-order valence-corrected chi connectivity index (χ4v) is 3.50. The predicted octanol–water partition coefficient (Wildman–Crippen LogP) is 3.90. The Morgan fingerprint density at radius 2 is 2.04 bits per heavy atom. The SMILES string of the molecule is COc1ccc2nc(C)n(C)c2c1CNC(=O)c1ccc(C(F)(F)F)s1. The Morgan fingerprint density at radius 1 is 1.31 bits per heavy atom. The maximum absolute atomic E-state index is 12.7. The Balaban J connectivity index is 1.87. The van der Waals surface area contributed by atoms with Gasteiger partial charge in [-0.2, -0.15) is 13.2 Å². The molecule has 5 nitrogen and oxygen atoms in total. The molecule has 1 amide bonds. The van der Waals surface area contributed by atoms with Crippen molar-refractivity contribution in [3.63, 3.8) is 0 Å². The Morgan fingerprint density at radius 3 is 2.65 bits per heavy atom. The summed E-state index contributed by atoms with van der Waals surface area (Å²) in [5.41, 5.74) is 2.28. The van der Waals surface area contributed by atoms with Crippen LogP contribution in [0, 0.1) is 6.92 Å². The molecule has 0 aliphatic carbocycles. The number of carbonyl (C=O) groups excluding carboxylic acids is 1. The zero-order valence-electron chi connectivity index (χ0n) is 14.3. The number of aromatic nitrogens is 2. The van der Waals surface area contributed by atoms with E-state index < -0.39 is 17.0 Å². The number of thiophene rings is 1. The first-order valence-electron chi connectivity index (χ1n) is 7.66. The van der Waals surface area contributed by atoms with Crippen LogP contribution < -0.4 is 10.1 Å². The molecule has 0 bridgehead atoms. The van der Waals surface area contributed by atoms with Gasteiger partial charge in [0, 0.05) is 19.2 Å². The van der Waals surface area contributed by atoms with Crippen molar-refractivity contribution in [3.05, 3.63) is 45.4 Å². The van der Waals surface area contributed by atoms with Crippen LogP contribution in [0.1, 0.15) is 25.9 Å². The third-order valence-electron chi connectivity index (χ3n) is 4.08. The number of rotatable bonds is 4. The molecule has 0 aliphatic rings. The quantitative estimate of drug-likeness (QED) is 0.743. The van der Waals surface area contributed by atoms with E-state index in [-0.39, 0.29) is 11.4 Å². The second-order valence-electron chi connectivity index (χ2n) is 5.68. The highest BCUT2D eigenvalue weighted by atomic mass is 32.1. The molecule has 0 saturated carbocycles. The molecule has 2 heterocycles. The Kier molecular flexibility index (Phi) is 4.66. The van der Waals surface area contributed by atoms with E-state index in [2.05, 4.69) is 10.3 Å². The molecule has 26 heavy (non-hydrogen) atoms. The van der Waals surface area contributed by atoms with Crippen molar-refractivity contribution in [2.75, 3.05) is 7.11 Å². The van der Waals surface area contributed by atoms with E-state index in [1.165, 1.54) is 13.2 Å². The lowest BCUT2D eigenvalue weighted by Crippen LogP contribution is -2.22. The standard InChI is InChI=1S/C17H16F3N3O2S/c1-9-22-11-4-5-12(25-3)10(15(11)23(9)2)8-21-16(24)13-6-7-14(26-13)17(18,19)20/h4-7H,8H2,1-3H3,(H,21,24). The molecule has 1 aromatic carbocycles. The second kappa shape index (κ2) is 6.64. The lowest BCUT2D eigenvalue weighted by molar-refractivity contribution is -0.134. The molecule has 0 radical (unpaired) electrons. The Labute approximate surface area is 151 Å². The van der Waals surface area contributed by atoms with E-state index in [1.54, 1.807) is 6.07 Å². The van der Waals surface area contributed by atoms with Gasteiger partial charge >= 0.3 is 6.18 Å². The number of carbonyl (C=O) groups is 1. The van der Waals surface area contributed by atoms with Crippen molar-refractivity contribution < 1.29 is 22.7 Å². The van der Waals surface area contributed by atoms with E-state index >= 15 is 0 Å². The number of methoxy groups -OCH3 is 1. The molecule has 0 unspecified atom stereocenters. The van der Waals surface area contributed by atoms with Gasteiger partial charge in [-0.3, -0.25) is 4.79 Å². The van der Waals surface area contributed by atoms with Gasteiger partial charge in [-0.25, -0.2) is 4.98 Å². The fourth-order valence-electron chi connectivity index (χ4n) is 2.71. The second-order valence-corrected chi connectivity index (χ2v) is 6.76. The number of amides is 1. The van der Waals surface area contributed by atoms with Crippen molar-refractivity contribution in [2.24, 2.45) is 7.05 Å². The van der Waals surface area contributed by atoms with Crippen molar-refractivity contribution in [3.8, 4) is 5.75 Å². The molecule has 3 aromatic rings. The molecule has 0 spiro atoms. The summed E-state index contributed by atoms with van der Waals surface area (Å²) in [6.07, 6.45) is -4.45. The number of aryl methyl sites for hydroxylation is 2. The largest absolute Gasteiger partial charge is 0.496 e. The van der Waals surface area contributed by atoms with E-state index in [9.17, 15) is 18.0 Å². The highest BCUT2D eigenvalue weighted by molar-refractivity contribution is 7.14. The van der Waals surface area contributed by atoms with Crippen LogP contribution in [-0.2, 0) is 19.8 Å². The van der Waals surface area contributed by atoms with Crippen molar-refractivity contribution in [1.82, 2.24) is 14.9 Å². The third-order valence-corrected chi connectivity index (χ3v) is 5.21. The van der Waals surface area contributed by atoms with Gasteiger partial charge in [0.25, 0.3) is 5.91 Å². The summed E-state index contributed by atoms with van der Waals surface area (Å²) in [7, 11) is 3.37.